The fraction of sp³-hybridized carbons (Fsp3) is 0.550. The van der Waals surface area contributed by atoms with Gasteiger partial charge in [0.15, 0.2) is 0 Å². The first-order valence-corrected chi connectivity index (χ1v) is 11.2. The minimum absolute atomic E-state index is 0.00919. The van der Waals surface area contributed by atoms with Gasteiger partial charge in [0, 0.05) is 33.4 Å². The van der Waals surface area contributed by atoms with Gasteiger partial charge in [-0.15, -0.1) is 22.7 Å². The van der Waals surface area contributed by atoms with Crippen LogP contribution in [0.2, 0.25) is 0 Å². The number of aldehydes is 1. The summed E-state index contributed by atoms with van der Waals surface area (Å²) in [5, 5.41) is 7.21. The van der Waals surface area contributed by atoms with Crippen molar-refractivity contribution in [2.24, 2.45) is 11.8 Å². The fourth-order valence-electron chi connectivity index (χ4n) is 4.20. The van der Waals surface area contributed by atoms with E-state index in [-0.39, 0.29) is 17.7 Å². The largest absolute Gasteiger partial charge is 0.317 e. The highest BCUT2D eigenvalue weighted by Crippen LogP contribution is 2.45. The van der Waals surface area contributed by atoms with Crippen LogP contribution in [0.4, 0.5) is 5.00 Å². The maximum atomic E-state index is 13.0. The van der Waals surface area contributed by atoms with E-state index in [9.17, 15) is 9.59 Å². The van der Waals surface area contributed by atoms with Crippen molar-refractivity contribution in [3.05, 3.63) is 21.5 Å². The van der Waals surface area contributed by atoms with E-state index in [4.69, 9.17) is 4.98 Å². The highest BCUT2D eigenvalue weighted by Gasteiger charge is 2.32. The molecule has 6 heteroatoms. The number of aryl methyl sites for hydroxylation is 2. The van der Waals surface area contributed by atoms with Crippen molar-refractivity contribution in [2.75, 3.05) is 5.32 Å². The van der Waals surface area contributed by atoms with Crippen molar-refractivity contribution in [2.45, 2.75) is 58.3 Å². The van der Waals surface area contributed by atoms with Crippen molar-refractivity contribution in [1.29, 1.82) is 0 Å². The second kappa shape index (κ2) is 7.61. The zero-order valence-electron chi connectivity index (χ0n) is 15.0. The van der Waals surface area contributed by atoms with Crippen LogP contribution >= 0.6 is 22.7 Å². The van der Waals surface area contributed by atoms with Gasteiger partial charge in [-0.1, -0.05) is 12.8 Å². The molecule has 26 heavy (non-hydrogen) atoms. The van der Waals surface area contributed by atoms with E-state index in [0.29, 0.717) is 0 Å². The summed E-state index contributed by atoms with van der Waals surface area (Å²) in [6.07, 6.45) is 9.27. The molecule has 2 aliphatic rings. The van der Waals surface area contributed by atoms with Crippen LogP contribution in [-0.4, -0.2) is 17.2 Å². The summed E-state index contributed by atoms with van der Waals surface area (Å²) in [5.74, 6) is -0.315. The van der Waals surface area contributed by atoms with Gasteiger partial charge in [-0.25, -0.2) is 4.98 Å². The lowest BCUT2D eigenvalue weighted by Crippen LogP contribution is -2.32. The molecule has 1 N–H and O–H groups in total. The van der Waals surface area contributed by atoms with E-state index < -0.39 is 0 Å². The van der Waals surface area contributed by atoms with Gasteiger partial charge in [0.1, 0.15) is 16.3 Å². The van der Waals surface area contributed by atoms with Crippen LogP contribution in [-0.2, 0) is 22.4 Å². The smallest absolute Gasteiger partial charge is 0.228 e. The molecule has 1 amide bonds. The minimum atomic E-state index is -0.189. The van der Waals surface area contributed by atoms with E-state index in [1.807, 2.05) is 6.92 Å². The van der Waals surface area contributed by atoms with Gasteiger partial charge in [0.25, 0.3) is 0 Å². The Morgan fingerprint density at radius 1 is 1.23 bits per heavy atom. The SMILES string of the molecule is Cc1csc(-c2c(NC(=O)[C@@H]3CCCCC3C=O)sc3c2CCCC3)n1. The number of carbonyl (C=O) groups excluding carboxylic acids is 2. The number of aromatic nitrogens is 1. The molecule has 0 aromatic carbocycles. The highest BCUT2D eigenvalue weighted by atomic mass is 32.1. The first kappa shape index (κ1) is 17.9. The monoisotopic (exact) mass is 388 g/mol. The maximum Gasteiger partial charge on any atom is 0.228 e. The summed E-state index contributed by atoms with van der Waals surface area (Å²) < 4.78 is 0. The molecule has 138 valence electrons. The third-order valence-electron chi connectivity index (χ3n) is 5.57. The van der Waals surface area contributed by atoms with E-state index in [1.54, 1.807) is 22.7 Å². The van der Waals surface area contributed by atoms with Gasteiger partial charge in [-0.3, -0.25) is 4.79 Å². The molecule has 2 aromatic rings. The lowest BCUT2D eigenvalue weighted by molar-refractivity contribution is -0.126. The molecule has 0 bridgehead atoms. The van der Waals surface area contributed by atoms with E-state index in [0.717, 1.165) is 66.1 Å². The standard InChI is InChI=1S/C20H24N2O2S2/c1-12-11-25-19(21-12)17-15-8-4-5-9-16(15)26-20(17)22-18(24)14-7-3-2-6-13(14)10-23/h10-11,13-14H,2-9H2,1H3,(H,22,24)/t13?,14-/m1/s1. The molecule has 0 radical (unpaired) electrons. The number of hydrogen-bond acceptors (Lipinski definition) is 5. The second-order valence-electron chi connectivity index (χ2n) is 7.39. The number of carbonyl (C=O) groups is 2. The van der Waals surface area contributed by atoms with E-state index >= 15 is 0 Å². The Labute approximate surface area is 162 Å². The molecular weight excluding hydrogens is 364 g/mol. The predicted octanol–water partition coefficient (Wildman–Crippen LogP) is 5.00. The Balaban J connectivity index is 1.66. The molecule has 2 atom stereocenters. The molecule has 1 unspecified atom stereocenters. The quantitative estimate of drug-likeness (QED) is 0.750. The number of thiophene rings is 1. The lowest BCUT2D eigenvalue weighted by atomic mass is 9.79. The third kappa shape index (κ3) is 3.37. The molecule has 2 heterocycles. The normalized spacial score (nSPS) is 22.7. The number of hydrogen-bond donors (Lipinski definition) is 1. The Hall–Kier alpha value is -1.53. The van der Waals surface area contributed by atoms with Gasteiger partial charge < -0.3 is 10.1 Å². The Morgan fingerprint density at radius 2 is 2.04 bits per heavy atom. The summed E-state index contributed by atoms with van der Waals surface area (Å²) in [7, 11) is 0. The van der Waals surface area contributed by atoms with Crippen molar-refractivity contribution in [1.82, 2.24) is 4.98 Å². The summed E-state index contributed by atoms with van der Waals surface area (Å²) in [6.45, 7) is 2.01. The van der Waals surface area contributed by atoms with Gasteiger partial charge in [-0.2, -0.15) is 0 Å². The molecule has 2 aliphatic carbocycles. The minimum Gasteiger partial charge on any atom is -0.317 e. The number of rotatable bonds is 4. The lowest BCUT2D eigenvalue weighted by Gasteiger charge is -2.26. The molecule has 4 rings (SSSR count). The van der Waals surface area contributed by atoms with Gasteiger partial charge >= 0.3 is 0 Å². The number of nitrogens with one attached hydrogen (secondary N) is 1. The molecule has 0 aliphatic heterocycles. The second-order valence-corrected chi connectivity index (χ2v) is 9.35. The van der Waals surface area contributed by atoms with Crippen LogP contribution in [0.1, 0.15) is 54.7 Å². The number of fused-ring (bicyclic) bond motifs is 1. The first-order chi connectivity index (χ1) is 12.7. The van der Waals surface area contributed by atoms with Crippen molar-refractivity contribution in [3.8, 4) is 10.6 Å². The average Bonchev–Trinajstić information content (AvgIpc) is 3.24. The highest BCUT2D eigenvalue weighted by molar-refractivity contribution is 7.18. The Morgan fingerprint density at radius 3 is 2.81 bits per heavy atom. The summed E-state index contributed by atoms with van der Waals surface area (Å²) in [4.78, 5) is 30.4. The molecule has 1 saturated carbocycles. The maximum absolute atomic E-state index is 13.0. The average molecular weight is 389 g/mol. The molecule has 4 nitrogen and oxygen atoms in total. The Bertz CT molecular complexity index is 824. The van der Waals surface area contributed by atoms with Gasteiger partial charge in [0.2, 0.25) is 5.91 Å². The molecular formula is C20H24N2O2S2. The van der Waals surface area contributed by atoms with E-state index in [1.165, 1.54) is 23.3 Å². The van der Waals surface area contributed by atoms with Crippen LogP contribution in [0.5, 0.6) is 0 Å². The predicted molar refractivity (Wildman–Crippen MR) is 107 cm³/mol. The topological polar surface area (TPSA) is 59.1 Å². The zero-order chi connectivity index (χ0) is 18.1. The van der Waals surface area contributed by atoms with Gasteiger partial charge in [0.05, 0.1) is 0 Å². The molecule has 0 saturated heterocycles. The number of thiazole rings is 1. The van der Waals surface area contributed by atoms with Crippen LogP contribution in [0.25, 0.3) is 10.6 Å². The first-order valence-electron chi connectivity index (χ1n) is 9.50. The third-order valence-corrected chi connectivity index (χ3v) is 7.76. The van der Waals surface area contributed by atoms with Crippen LogP contribution in [0.15, 0.2) is 5.38 Å². The van der Waals surface area contributed by atoms with Gasteiger partial charge in [-0.05, 0) is 51.0 Å². The number of anilines is 1. The van der Waals surface area contributed by atoms with Crippen LogP contribution < -0.4 is 5.32 Å². The molecule has 1 fully saturated rings. The summed E-state index contributed by atoms with van der Waals surface area (Å²) in [5.41, 5.74) is 3.53. The summed E-state index contributed by atoms with van der Waals surface area (Å²) in [6, 6.07) is 0. The van der Waals surface area contributed by atoms with E-state index in [2.05, 4.69) is 10.7 Å². The van der Waals surface area contributed by atoms with Crippen molar-refractivity contribution < 1.29 is 9.59 Å². The van der Waals surface area contributed by atoms with Crippen molar-refractivity contribution >= 4 is 39.9 Å². The fourth-order valence-corrected chi connectivity index (χ4v) is 6.43. The molecule has 2 aromatic heterocycles. The molecule has 0 spiro atoms. The number of amides is 1. The van der Waals surface area contributed by atoms with Crippen LogP contribution in [0.3, 0.4) is 0 Å². The number of nitrogens with zero attached hydrogens (tertiary/aromatic N) is 1. The Kier molecular flexibility index (Phi) is 5.23. The summed E-state index contributed by atoms with van der Waals surface area (Å²) >= 11 is 3.36. The zero-order valence-corrected chi connectivity index (χ0v) is 16.7. The van der Waals surface area contributed by atoms with Crippen molar-refractivity contribution in [3.63, 3.8) is 0 Å². The van der Waals surface area contributed by atoms with Crippen LogP contribution in [0, 0.1) is 18.8 Å².